The fourth-order valence-electron chi connectivity index (χ4n) is 11.2. The molecule has 3 aliphatic heterocycles. The fourth-order valence-corrected chi connectivity index (χ4v) is 11.2. The maximum absolute atomic E-state index is 4.94. The van der Waals surface area contributed by atoms with Crippen LogP contribution in [0.5, 0.6) is 0 Å². The van der Waals surface area contributed by atoms with Crippen molar-refractivity contribution < 1.29 is 0 Å². The Morgan fingerprint density at radius 3 is 1.32 bits per heavy atom. The van der Waals surface area contributed by atoms with Gasteiger partial charge in [0.15, 0.2) is 11.6 Å². The minimum absolute atomic E-state index is 0.412. The van der Waals surface area contributed by atoms with Crippen LogP contribution in [0.3, 0.4) is 0 Å². The first-order valence-electron chi connectivity index (χ1n) is 24.4. The molecule has 2 aromatic heterocycles. The van der Waals surface area contributed by atoms with Crippen molar-refractivity contribution in [2.75, 3.05) is 15.5 Å². The van der Waals surface area contributed by atoms with Crippen molar-refractivity contribution in [1.29, 1.82) is 0 Å². The third-order valence-electron chi connectivity index (χ3n) is 14.7. The molecule has 72 heavy (non-hydrogen) atoms. The summed E-state index contributed by atoms with van der Waals surface area (Å²) >= 11 is 0. The first kappa shape index (κ1) is 41.5. The molecule has 14 rings (SSSR count). The van der Waals surface area contributed by atoms with Crippen molar-refractivity contribution in [3.63, 3.8) is 0 Å². The van der Waals surface area contributed by atoms with Crippen molar-refractivity contribution in [2.45, 2.75) is 19.3 Å². The monoisotopic (exact) mass is 923 g/mol. The number of hydrogen-bond donors (Lipinski definition) is 2. The summed E-state index contributed by atoms with van der Waals surface area (Å²) in [5.41, 5.74) is 19.1. The van der Waals surface area contributed by atoms with E-state index in [0.717, 1.165) is 73.5 Å². The third kappa shape index (κ3) is 6.73. The molecule has 0 spiro atoms. The number of aromatic nitrogens is 2. The normalized spacial score (nSPS) is 14.9. The molecule has 340 valence electrons. The largest absolute Gasteiger partial charge is 0.339 e. The quantitative estimate of drug-likeness (QED) is 0.167. The first-order chi connectivity index (χ1) is 35.4. The first-order valence-corrected chi connectivity index (χ1v) is 24.4. The smallest absolute Gasteiger partial charge is 0.154 e. The van der Waals surface area contributed by atoms with E-state index in [0.29, 0.717) is 11.6 Å². The number of aliphatic imine (C=N–C) groups is 2. The van der Waals surface area contributed by atoms with Crippen LogP contribution in [-0.4, -0.2) is 21.6 Å². The number of rotatable bonds is 7. The molecule has 0 saturated carbocycles. The van der Waals surface area contributed by atoms with Crippen LogP contribution in [0.15, 0.2) is 235 Å². The highest BCUT2D eigenvalue weighted by molar-refractivity contribution is 6.29. The average molecular weight is 924 g/mol. The number of nitrogens with one attached hydrogen (secondary N) is 2. The zero-order chi connectivity index (χ0) is 47.9. The molecule has 0 amide bonds. The van der Waals surface area contributed by atoms with Crippen LogP contribution in [-0.2, 0) is 5.41 Å². The molecule has 0 unspecified atom stereocenters. The highest BCUT2D eigenvalue weighted by atomic mass is 15.2. The van der Waals surface area contributed by atoms with Gasteiger partial charge in [0.1, 0.15) is 11.7 Å². The average Bonchev–Trinajstić information content (AvgIpc) is 3.98. The van der Waals surface area contributed by atoms with E-state index in [-0.39, 0.29) is 0 Å². The zero-order valence-electron chi connectivity index (χ0n) is 39.6. The molecule has 7 nitrogen and oxygen atoms in total. The summed E-state index contributed by atoms with van der Waals surface area (Å²) in [5.74, 6) is 2.96. The fraction of sp³-hybridized carbons (Fsp3) is 0.0462. The second-order valence-electron chi connectivity index (χ2n) is 19.2. The number of anilines is 5. The molecule has 7 heteroatoms. The summed E-state index contributed by atoms with van der Waals surface area (Å²) in [7, 11) is 0. The molecule has 0 radical (unpaired) electrons. The minimum Gasteiger partial charge on any atom is -0.339 e. The van der Waals surface area contributed by atoms with Crippen LogP contribution >= 0.6 is 0 Å². The van der Waals surface area contributed by atoms with Gasteiger partial charge >= 0.3 is 0 Å². The SMILES string of the molecule is CC1(C)c2cc(-c3ccc4c5c(cccc35)/C(=N/c3ccccn3)N4)ccc2N(c2cc(-c3ccccc3)cc(-c3ccccc3)c2)c2ccc(-c3ccc4c5c(cccc35)/C(=N/c3ccccn3)N4)cc21. The van der Waals surface area contributed by atoms with Crippen LogP contribution in [0.2, 0.25) is 0 Å². The molecular weight excluding hydrogens is 879 g/mol. The Labute approximate surface area is 417 Å². The molecule has 3 aliphatic rings. The maximum Gasteiger partial charge on any atom is 0.154 e. The van der Waals surface area contributed by atoms with E-state index in [1.807, 2.05) is 36.4 Å². The standard InChI is InChI=1S/C65H45N7/c1-65(2)53-38-42(47-27-29-55-61-49(47)19-13-21-51(61)63(68-55)70-59-23-9-11-33-66-59)25-31-57(53)72(46-36-44(40-15-5-3-6-16-40)35-45(37-46)41-17-7-4-8-18-41)58-32-26-43(39-54(58)65)48-28-30-56-62-50(48)20-14-22-52(62)64(69-56)71-60-24-10-12-34-67-60/h3-39H,1-2H3,(H,66,68,70)(H,67,69,71). The van der Waals surface area contributed by atoms with E-state index in [4.69, 9.17) is 9.98 Å². The van der Waals surface area contributed by atoms with Gasteiger partial charge in [0, 0.05) is 56.8 Å². The van der Waals surface area contributed by atoms with E-state index >= 15 is 0 Å². The lowest BCUT2D eigenvalue weighted by Gasteiger charge is -2.43. The highest BCUT2D eigenvalue weighted by Crippen LogP contribution is 2.55. The van der Waals surface area contributed by atoms with Crippen molar-refractivity contribution in [3.05, 3.63) is 247 Å². The summed E-state index contributed by atoms with van der Waals surface area (Å²) in [5, 5.41) is 11.9. The van der Waals surface area contributed by atoms with Gasteiger partial charge in [0.2, 0.25) is 0 Å². The van der Waals surface area contributed by atoms with Crippen molar-refractivity contribution in [1.82, 2.24) is 9.97 Å². The lowest BCUT2D eigenvalue weighted by atomic mass is 9.72. The van der Waals surface area contributed by atoms with Crippen molar-refractivity contribution in [2.24, 2.45) is 9.98 Å². The third-order valence-corrected chi connectivity index (χ3v) is 14.7. The predicted octanol–water partition coefficient (Wildman–Crippen LogP) is 16.6. The molecule has 5 heterocycles. The molecule has 9 aromatic carbocycles. The van der Waals surface area contributed by atoms with Crippen LogP contribution in [0, 0.1) is 0 Å². The molecule has 0 atom stereocenters. The van der Waals surface area contributed by atoms with E-state index in [1.165, 1.54) is 54.9 Å². The number of fused-ring (bicyclic) bond motifs is 2. The predicted molar refractivity (Wildman–Crippen MR) is 298 cm³/mol. The summed E-state index contributed by atoms with van der Waals surface area (Å²) in [6.07, 6.45) is 3.56. The van der Waals surface area contributed by atoms with Gasteiger partial charge in [-0.3, -0.25) is 0 Å². The molecule has 0 saturated heterocycles. The molecule has 2 N–H and O–H groups in total. The topological polar surface area (TPSA) is 77.8 Å². The van der Waals surface area contributed by atoms with E-state index < -0.39 is 5.41 Å². The van der Waals surface area contributed by atoms with E-state index in [1.54, 1.807) is 12.4 Å². The Kier molecular flexibility index (Phi) is 9.41. The molecule has 11 aromatic rings. The summed E-state index contributed by atoms with van der Waals surface area (Å²) < 4.78 is 0. The molecule has 0 bridgehead atoms. The molecular formula is C65H45N7. The number of pyridine rings is 2. The van der Waals surface area contributed by atoms with Gasteiger partial charge < -0.3 is 15.5 Å². The molecule has 0 aliphatic carbocycles. The van der Waals surface area contributed by atoms with Crippen molar-refractivity contribution >= 4 is 73.3 Å². The summed E-state index contributed by atoms with van der Waals surface area (Å²) in [6.45, 7) is 4.78. The van der Waals surface area contributed by atoms with Crippen LogP contribution in [0.4, 0.5) is 40.1 Å². The Hall–Kier alpha value is -9.46. The van der Waals surface area contributed by atoms with Gasteiger partial charge in [-0.05, 0) is 145 Å². The number of amidine groups is 2. The van der Waals surface area contributed by atoms with Crippen LogP contribution in [0.25, 0.3) is 66.1 Å². The minimum atomic E-state index is -0.412. The summed E-state index contributed by atoms with van der Waals surface area (Å²) in [4.78, 5) is 21.4. The highest BCUT2D eigenvalue weighted by Gasteiger charge is 2.38. The number of hydrogen-bond acceptors (Lipinski definition) is 5. The zero-order valence-corrected chi connectivity index (χ0v) is 39.6. The lowest BCUT2D eigenvalue weighted by Crippen LogP contribution is -2.30. The number of nitrogens with zero attached hydrogens (tertiary/aromatic N) is 5. The van der Waals surface area contributed by atoms with Gasteiger partial charge in [0.25, 0.3) is 0 Å². The van der Waals surface area contributed by atoms with Gasteiger partial charge in [-0.1, -0.05) is 147 Å². The van der Waals surface area contributed by atoms with Gasteiger partial charge in [-0.25, -0.2) is 20.0 Å². The van der Waals surface area contributed by atoms with Crippen LogP contribution in [0.1, 0.15) is 36.1 Å². The molecule has 0 fully saturated rings. The Morgan fingerprint density at radius 2 is 0.861 bits per heavy atom. The van der Waals surface area contributed by atoms with E-state index in [2.05, 4.69) is 215 Å². The Balaban J connectivity index is 0.960. The Bertz CT molecular complexity index is 3790. The van der Waals surface area contributed by atoms with E-state index in [9.17, 15) is 0 Å². The maximum atomic E-state index is 4.94. The lowest BCUT2D eigenvalue weighted by molar-refractivity contribution is 0.632. The Morgan fingerprint density at radius 1 is 0.389 bits per heavy atom. The van der Waals surface area contributed by atoms with Gasteiger partial charge in [0.05, 0.1) is 11.4 Å². The van der Waals surface area contributed by atoms with Gasteiger partial charge in [-0.15, -0.1) is 0 Å². The van der Waals surface area contributed by atoms with Crippen molar-refractivity contribution in [3.8, 4) is 44.5 Å². The number of benzene rings is 9. The summed E-state index contributed by atoms with van der Waals surface area (Å²) in [6, 6.07) is 76.3. The van der Waals surface area contributed by atoms with Gasteiger partial charge in [-0.2, -0.15) is 0 Å². The second-order valence-corrected chi connectivity index (χ2v) is 19.2. The van der Waals surface area contributed by atoms with Crippen LogP contribution < -0.4 is 15.5 Å². The second kappa shape index (κ2) is 16.3.